The molecule has 0 amide bonds. The van der Waals surface area contributed by atoms with Crippen molar-refractivity contribution in [3.05, 3.63) is 91.0 Å². The molecule has 0 saturated carbocycles. The quantitative estimate of drug-likeness (QED) is 0.403. The Kier molecular flexibility index (Phi) is 10.7. The van der Waals surface area contributed by atoms with Crippen LogP contribution in [0.25, 0.3) is 0 Å². The molecule has 0 atom stereocenters. The van der Waals surface area contributed by atoms with Crippen molar-refractivity contribution in [3.8, 4) is 0 Å². The number of benzene rings is 3. The minimum atomic E-state index is -2.17. The van der Waals surface area contributed by atoms with E-state index in [1.54, 1.807) is 0 Å². The summed E-state index contributed by atoms with van der Waals surface area (Å²) in [6.45, 7) is 5.90. The predicted molar refractivity (Wildman–Crippen MR) is 121 cm³/mol. The molecule has 3 aromatic rings. The van der Waals surface area contributed by atoms with Crippen LogP contribution in [0.4, 0.5) is 0 Å². The topological polar surface area (TPSA) is 86.7 Å². The van der Waals surface area contributed by atoms with Crippen molar-refractivity contribution in [1.29, 1.82) is 0 Å². The van der Waals surface area contributed by atoms with Gasteiger partial charge >= 0.3 is 7.32 Å². The Morgan fingerprint density at radius 1 is 0.607 bits per heavy atom. The van der Waals surface area contributed by atoms with Crippen LogP contribution in [0, 0.1) is 0 Å². The van der Waals surface area contributed by atoms with E-state index in [2.05, 4.69) is 91.0 Å². The lowest BCUT2D eigenvalue weighted by Gasteiger charge is -2.18. The van der Waals surface area contributed by atoms with Crippen LogP contribution in [-0.4, -0.2) is 27.9 Å². The summed E-state index contributed by atoms with van der Waals surface area (Å²) in [5.41, 5.74) is 5.35. The minimum Gasteiger partial charge on any atom is -0.402 e. The molecule has 0 saturated heterocycles. The van der Waals surface area contributed by atoms with E-state index in [1.165, 1.54) is 15.9 Å². The van der Waals surface area contributed by atoms with E-state index in [0.717, 1.165) is 0 Å². The first-order valence-corrected chi connectivity index (χ1v) is 10.3. The van der Waals surface area contributed by atoms with Gasteiger partial charge in [-0.1, -0.05) is 91.0 Å². The lowest BCUT2D eigenvalue weighted by molar-refractivity contribution is 0.278. The highest BCUT2D eigenvalue weighted by molar-refractivity contribution is 7.79. The summed E-state index contributed by atoms with van der Waals surface area (Å²) in [5, 5.41) is 25.7. The fourth-order valence-electron chi connectivity index (χ4n) is 2.18. The van der Waals surface area contributed by atoms with Crippen LogP contribution in [0.3, 0.4) is 0 Å². The molecule has 0 heterocycles. The SMILES string of the molecule is CC(C)(C)N.OB(O)O.c1ccc(P(c2ccccc2)c2ccccc2)cc1. The first-order valence-electron chi connectivity index (χ1n) is 8.97. The fraction of sp³-hybridized carbons (Fsp3) is 0.182. The Hall–Kier alpha value is -2.01. The van der Waals surface area contributed by atoms with Crippen LogP contribution in [0.5, 0.6) is 0 Å². The number of hydrogen-bond acceptors (Lipinski definition) is 4. The van der Waals surface area contributed by atoms with Crippen molar-refractivity contribution < 1.29 is 15.1 Å². The van der Waals surface area contributed by atoms with Crippen LogP contribution in [0.2, 0.25) is 0 Å². The maximum atomic E-state index is 7.17. The molecular formula is C22H29BNO3P. The maximum absolute atomic E-state index is 7.17. The molecule has 3 rings (SSSR count). The summed E-state index contributed by atoms with van der Waals surface area (Å²) < 4.78 is 0. The van der Waals surface area contributed by atoms with Gasteiger partial charge in [0.05, 0.1) is 0 Å². The summed E-state index contributed by atoms with van der Waals surface area (Å²) in [5.74, 6) is 0. The van der Waals surface area contributed by atoms with E-state index >= 15 is 0 Å². The molecule has 148 valence electrons. The van der Waals surface area contributed by atoms with Crippen molar-refractivity contribution >= 4 is 31.2 Å². The highest BCUT2D eigenvalue weighted by Crippen LogP contribution is 2.32. The zero-order chi connectivity index (χ0) is 21.0. The van der Waals surface area contributed by atoms with Crippen LogP contribution in [0.15, 0.2) is 91.0 Å². The maximum Gasteiger partial charge on any atom is 0.631 e. The van der Waals surface area contributed by atoms with Gasteiger partial charge in [-0.3, -0.25) is 0 Å². The van der Waals surface area contributed by atoms with Gasteiger partial charge in [-0.2, -0.15) is 0 Å². The van der Waals surface area contributed by atoms with Crippen molar-refractivity contribution in [2.24, 2.45) is 5.73 Å². The second-order valence-electron chi connectivity index (χ2n) is 7.05. The molecule has 0 aliphatic rings. The summed E-state index contributed by atoms with van der Waals surface area (Å²) in [6.07, 6.45) is 0. The fourth-order valence-corrected chi connectivity index (χ4v) is 4.48. The summed E-state index contributed by atoms with van der Waals surface area (Å²) in [4.78, 5) is 0. The summed E-state index contributed by atoms with van der Waals surface area (Å²) in [6, 6.07) is 32.3. The lowest BCUT2D eigenvalue weighted by Crippen LogP contribution is -2.26. The molecule has 0 spiro atoms. The van der Waals surface area contributed by atoms with Gasteiger partial charge in [-0.15, -0.1) is 0 Å². The number of rotatable bonds is 3. The molecule has 5 N–H and O–H groups in total. The second kappa shape index (κ2) is 12.5. The van der Waals surface area contributed by atoms with Gasteiger partial charge in [-0.25, -0.2) is 0 Å². The molecule has 0 unspecified atom stereocenters. The number of hydrogen-bond donors (Lipinski definition) is 4. The van der Waals surface area contributed by atoms with Crippen molar-refractivity contribution in [2.75, 3.05) is 0 Å². The molecule has 0 fully saturated rings. The standard InChI is InChI=1S/C18H15P.C4H11N.BH3O3/c1-4-10-16(11-5-1)19(17-12-6-2-7-13-17)18-14-8-3-9-15-18;1-4(2,3)5;2-1(3)4/h1-15H;5H2,1-3H3;2-4H. The summed E-state index contributed by atoms with van der Waals surface area (Å²) in [7, 11) is -2.61. The minimum absolute atomic E-state index is 0. The highest BCUT2D eigenvalue weighted by atomic mass is 31.1. The molecular weight excluding hydrogens is 368 g/mol. The Morgan fingerprint density at radius 2 is 0.786 bits per heavy atom. The van der Waals surface area contributed by atoms with Gasteiger partial charge in [0, 0.05) is 5.54 Å². The van der Waals surface area contributed by atoms with E-state index in [0.29, 0.717) is 0 Å². The van der Waals surface area contributed by atoms with Crippen LogP contribution in [-0.2, 0) is 0 Å². The largest absolute Gasteiger partial charge is 0.631 e. The Bertz CT molecular complexity index is 663. The molecule has 3 aromatic carbocycles. The third kappa shape index (κ3) is 11.0. The molecule has 0 aliphatic heterocycles. The lowest BCUT2D eigenvalue weighted by atomic mass is 10.1. The molecule has 0 aromatic heterocycles. The van der Waals surface area contributed by atoms with E-state index in [4.69, 9.17) is 20.8 Å². The van der Waals surface area contributed by atoms with Gasteiger partial charge < -0.3 is 20.8 Å². The van der Waals surface area contributed by atoms with Gasteiger partial charge in [0.25, 0.3) is 0 Å². The van der Waals surface area contributed by atoms with Crippen molar-refractivity contribution in [3.63, 3.8) is 0 Å². The average molecular weight is 397 g/mol. The monoisotopic (exact) mass is 397 g/mol. The number of nitrogens with two attached hydrogens (primary N) is 1. The Balaban J connectivity index is 0.000000369. The van der Waals surface area contributed by atoms with E-state index in [1.807, 2.05) is 20.8 Å². The highest BCUT2D eigenvalue weighted by Gasteiger charge is 2.14. The third-order valence-electron chi connectivity index (χ3n) is 3.04. The van der Waals surface area contributed by atoms with Crippen LogP contribution < -0.4 is 21.6 Å². The smallest absolute Gasteiger partial charge is 0.402 e. The van der Waals surface area contributed by atoms with Crippen molar-refractivity contribution in [1.82, 2.24) is 0 Å². The Labute approximate surface area is 169 Å². The van der Waals surface area contributed by atoms with Gasteiger partial charge in [0.2, 0.25) is 0 Å². The van der Waals surface area contributed by atoms with Gasteiger partial charge in [0.15, 0.2) is 0 Å². The first kappa shape index (κ1) is 24.0. The molecule has 28 heavy (non-hydrogen) atoms. The zero-order valence-corrected chi connectivity index (χ0v) is 17.5. The molecule has 0 aliphatic carbocycles. The second-order valence-corrected chi connectivity index (χ2v) is 9.27. The van der Waals surface area contributed by atoms with Gasteiger partial charge in [-0.05, 0) is 44.6 Å². The Morgan fingerprint density at radius 3 is 0.964 bits per heavy atom. The zero-order valence-electron chi connectivity index (χ0n) is 16.6. The molecule has 0 radical (unpaired) electrons. The third-order valence-corrected chi connectivity index (χ3v) is 5.49. The van der Waals surface area contributed by atoms with E-state index in [9.17, 15) is 0 Å². The van der Waals surface area contributed by atoms with Crippen LogP contribution >= 0.6 is 7.92 Å². The van der Waals surface area contributed by atoms with E-state index in [-0.39, 0.29) is 5.54 Å². The predicted octanol–water partition coefficient (Wildman–Crippen LogP) is 2.14. The van der Waals surface area contributed by atoms with E-state index < -0.39 is 15.2 Å². The average Bonchev–Trinajstić information content (AvgIpc) is 2.63. The molecule has 4 nitrogen and oxygen atoms in total. The molecule has 6 heteroatoms. The normalized spacial score (nSPS) is 10.3. The van der Waals surface area contributed by atoms with Gasteiger partial charge in [0.1, 0.15) is 0 Å². The first-order chi connectivity index (χ1) is 13.2. The van der Waals surface area contributed by atoms with Crippen molar-refractivity contribution in [2.45, 2.75) is 26.3 Å². The summed E-state index contributed by atoms with van der Waals surface area (Å²) >= 11 is 0. The van der Waals surface area contributed by atoms with Crippen LogP contribution in [0.1, 0.15) is 20.8 Å². The molecule has 0 bridgehead atoms.